The molecule has 1 aliphatic heterocycles. The third-order valence-corrected chi connectivity index (χ3v) is 9.66. The number of anilines is 1. The number of furan rings is 1. The molecule has 3 aromatic carbocycles. The fourth-order valence-electron chi connectivity index (χ4n) is 4.78. The number of thioether (sulfide) groups is 1. The number of benzene rings is 3. The fourth-order valence-corrected chi connectivity index (χ4v) is 6.74. The maximum Gasteiger partial charge on any atom is 0.337 e. The highest BCUT2D eigenvalue weighted by Crippen LogP contribution is 2.29. The van der Waals surface area contributed by atoms with Gasteiger partial charge in [-0.1, -0.05) is 35.5 Å². The largest absolute Gasteiger partial charge is 0.497 e. The smallest absolute Gasteiger partial charge is 0.337 e. The molecule has 1 atom stereocenters. The maximum absolute atomic E-state index is 11.7. The van der Waals surface area contributed by atoms with Crippen molar-refractivity contribution in [1.82, 2.24) is 14.9 Å². The molecule has 1 fully saturated rings. The van der Waals surface area contributed by atoms with Gasteiger partial charge in [0.1, 0.15) is 34.6 Å². The molecule has 0 radical (unpaired) electrons. The van der Waals surface area contributed by atoms with E-state index < -0.39 is 20.9 Å². The van der Waals surface area contributed by atoms with Gasteiger partial charge >= 0.3 is 5.97 Å². The number of nitrogens with two attached hydrogens (primary N) is 1. The van der Waals surface area contributed by atoms with Crippen LogP contribution in [0.4, 0.5) is 10.5 Å². The van der Waals surface area contributed by atoms with E-state index in [9.17, 15) is 22.8 Å². The van der Waals surface area contributed by atoms with Crippen LogP contribution >= 0.6 is 35.8 Å². The quantitative estimate of drug-likeness (QED) is 0.134. The van der Waals surface area contributed by atoms with E-state index in [0.29, 0.717) is 24.5 Å². The number of nitrogens with one attached hydrogen (secondary N) is 2. The van der Waals surface area contributed by atoms with Crippen LogP contribution in [0.15, 0.2) is 82.3 Å². The number of aromatic nitrogens is 2. The van der Waals surface area contributed by atoms with Gasteiger partial charge in [-0.15, -0.1) is 12.4 Å². The topological polar surface area (TPSA) is 205 Å². The Hall–Kier alpha value is -4.74. The average Bonchev–Trinajstić information content (AvgIpc) is 3.78. The third-order valence-electron chi connectivity index (χ3n) is 7.30. The van der Waals surface area contributed by atoms with Gasteiger partial charge in [0.2, 0.25) is 15.9 Å². The number of hydrogen-bond donors (Lipinski definition) is 4. The monoisotopic (exact) mass is 763 g/mol. The van der Waals surface area contributed by atoms with Crippen LogP contribution in [-0.2, 0) is 41.4 Å². The number of hydrogen-bond acceptors (Lipinski definition) is 11. The Morgan fingerprint density at radius 1 is 1.14 bits per heavy atom. The first-order chi connectivity index (χ1) is 23.3. The highest BCUT2D eigenvalue weighted by atomic mass is 35.5. The maximum atomic E-state index is 11.7. The van der Waals surface area contributed by atoms with Crippen molar-refractivity contribution < 1.29 is 41.8 Å². The number of carboxylic acid groups (broad SMARTS) is 1. The molecule has 18 heteroatoms. The lowest BCUT2D eigenvalue weighted by atomic mass is 10.1. The Labute approximate surface area is 301 Å². The molecule has 1 unspecified atom stereocenters. The summed E-state index contributed by atoms with van der Waals surface area (Å²) in [6.45, 7) is 0.556. The molecule has 2 amide bonds. The number of rotatable bonds is 11. The van der Waals surface area contributed by atoms with Crippen LogP contribution in [0, 0.1) is 0 Å². The molecule has 5 aromatic rings. The lowest BCUT2D eigenvalue weighted by Gasteiger charge is -2.11. The number of amides is 2. The highest BCUT2D eigenvalue weighted by Gasteiger charge is 2.31. The van der Waals surface area contributed by atoms with Crippen LogP contribution in [0.3, 0.4) is 0 Å². The summed E-state index contributed by atoms with van der Waals surface area (Å²) < 4.78 is 40.9. The van der Waals surface area contributed by atoms with Gasteiger partial charge in [-0.05, 0) is 60.5 Å². The van der Waals surface area contributed by atoms with E-state index in [1.165, 1.54) is 12.3 Å². The molecule has 264 valence electrons. The number of methoxy groups -OCH3 is 1. The molecule has 0 saturated carbocycles. The van der Waals surface area contributed by atoms with Crippen LogP contribution in [0.1, 0.15) is 27.5 Å². The second kappa shape index (κ2) is 16.3. The molecule has 2 aromatic heterocycles. The number of fused-ring (bicyclic) bond motifs is 1. The van der Waals surface area contributed by atoms with Gasteiger partial charge in [0.05, 0.1) is 52.5 Å². The molecule has 6 rings (SSSR count). The molecule has 1 saturated heterocycles. The van der Waals surface area contributed by atoms with Crippen LogP contribution in [0.5, 0.6) is 11.5 Å². The molecule has 50 heavy (non-hydrogen) atoms. The zero-order chi connectivity index (χ0) is 35.3. The molecule has 0 spiro atoms. The van der Waals surface area contributed by atoms with E-state index in [1.54, 1.807) is 19.2 Å². The standard InChI is InChI=1S/C20H19N3O4S.C12H11ClN2O5S.ClH/c1-23-16-10-14(26-2)7-8-15(16)21-18(23)11-27-13-5-3-12(4-6-13)9-17-19(24)22-20(25)28-17;13-9-5-10(15-6-7-2-1-3-20-7)8(12(16)17)4-11(9)21(14,18)19;/h3-8,10,17H,9,11H2,1-2H3,(H,22,24,25);1-5,15H,6H2,(H,16,17)(H2,14,18,19);1H. The van der Waals surface area contributed by atoms with Crippen molar-refractivity contribution in [1.29, 1.82) is 0 Å². The van der Waals surface area contributed by atoms with Crippen molar-refractivity contribution >= 4 is 79.6 Å². The minimum absolute atomic E-state index is 0. The van der Waals surface area contributed by atoms with E-state index in [2.05, 4.69) is 15.6 Å². The number of halogens is 2. The molecule has 14 nitrogen and oxygen atoms in total. The number of imide groups is 1. The minimum atomic E-state index is -4.11. The number of imidazole rings is 1. The van der Waals surface area contributed by atoms with E-state index in [0.717, 1.165) is 46.0 Å². The van der Waals surface area contributed by atoms with Gasteiger partial charge in [-0.25, -0.2) is 23.3 Å². The number of primary sulfonamides is 1. The Morgan fingerprint density at radius 3 is 2.46 bits per heavy atom. The predicted molar refractivity (Wildman–Crippen MR) is 190 cm³/mol. The van der Waals surface area contributed by atoms with E-state index >= 15 is 0 Å². The van der Waals surface area contributed by atoms with E-state index in [-0.39, 0.29) is 51.6 Å². The summed E-state index contributed by atoms with van der Waals surface area (Å²) in [6, 6.07) is 18.8. The van der Waals surface area contributed by atoms with Gasteiger partial charge < -0.3 is 28.9 Å². The lowest BCUT2D eigenvalue weighted by molar-refractivity contribution is -0.118. The van der Waals surface area contributed by atoms with Gasteiger partial charge in [-0.3, -0.25) is 14.9 Å². The lowest BCUT2D eigenvalue weighted by Crippen LogP contribution is -2.25. The van der Waals surface area contributed by atoms with E-state index in [4.69, 9.17) is 35.7 Å². The van der Waals surface area contributed by atoms with E-state index in [1.807, 2.05) is 54.1 Å². The summed E-state index contributed by atoms with van der Waals surface area (Å²) in [5.74, 6) is 1.36. The zero-order valence-electron chi connectivity index (χ0n) is 26.4. The molecule has 0 aliphatic carbocycles. The first-order valence-corrected chi connectivity index (χ1v) is 17.2. The molecule has 0 bridgehead atoms. The molecule has 3 heterocycles. The summed E-state index contributed by atoms with van der Waals surface area (Å²) in [7, 11) is -0.520. The molecule has 5 N–H and O–H groups in total. The fraction of sp³-hybridized carbons (Fsp3) is 0.188. The highest BCUT2D eigenvalue weighted by molar-refractivity contribution is 8.15. The van der Waals surface area contributed by atoms with Crippen LogP contribution in [0.25, 0.3) is 11.0 Å². The zero-order valence-corrected chi connectivity index (χ0v) is 29.6. The summed E-state index contributed by atoms with van der Waals surface area (Å²) in [4.78, 5) is 38.3. The molecular formula is C32H31Cl2N5O9S2. The third kappa shape index (κ3) is 9.28. The number of ether oxygens (including phenoxy) is 2. The van der Waals surface area contributed by atoms with Crippen LogP contribution < -0.4 is 25.2 Å². The van der Waals surface area contributed by atoms with Crippen molar-refractivity contribution in [3.05, 3.63) is 101 Å². The second-order valence-corrected chi connectivity index (χ2v) is 13.7. The van der Waals surface area contributed by atoms with Gasteiger partial charge in [0, 0.05) is 13.1 Å². The number of carbonyl (C=O) groups is 3. The number of carboxylic acids is 1. The van der Waals surface area contributed by atoms with Crippen molar-refractivity contribution in [3.8, 4) is 11.5 Å². The molecule has 1 aliphatic rings. The SMILES string of the molecule is COc1ccc2nc(COc3ccc(CC4SC(=O)NC4=O)cc3)n(C)c2c1.Cl.NS(=O)(=O)c1cc(C(=O)O)c(NCc2ccco2)cc1Cl. The first kappa shape index (κ1) is 38.1. The summed E-state index contributed by atoms with van der Waals surface area (Å²) >= 11 is 6.87. The Morgan fingerprint density at radius 2 is 1.86 bits per heavy atom. The van der Waals surface area contributed by atoms with Crippen molar-refractivity contribution in [2.45, 2.75) is 29.7 Å². The number of sulfonamides is 1. The van der Waals surface area contributed by atoms with Gasteiger partial charge in [0.25, 0.3) is 5.24 Å². The number of aryl methyl sites for hydroxylation is 1. The number of carbonyl (C=O) groups excluding carboxylic acids is 2. The predicted octanol–water partition coefficient (Wildman–Crippen LogP) is 5.37. The Kier molecular flexibility index (Phi) is 12.4. The van der Waals surface area contributed by atoms with Gasteiger partial charge in [0.15, 0.2) is 0 Å². The van der Waals surface area contributed by atoms with Crippen LogP contribution in [0.2, 0.25) is 5.02 Å². The van der Waals surface area contributed by atoms with Crippen LogP contribution in [-0.4, -0.2) is 52.6 Å². The summed E-state index contributed by atoms with van der Waals surface area (Å²) in [5.41, 5.74) is 2.75. The minimum Gasteiger partial charge on any atom is -0.497 e. The Balaban J connectivity index is 0.000000230. The van der Waals surface area contributed by atoms with Crippen molar-refractivity contribution in [3.63, 3.8) is 0 Å². The Bertz CT molecular complexity index is 2120. The summed E-state index contributed by atoms with van der Waals surface area (Å²) in [6.07, 6.45) is 1.99. The summed E-state index contributed by atoms with van der Waals surface area (Å²) in [5, 5.41) is 18.5. The second-order valence-electron chi connectivity index (χ2n) is 10.6. The number of aromatic carboxylic acids is 1. The van der Waals surface area contributed by atoms with Crippen molar-refractivity contribution in [2.75, 3.05) is 12.4 Å². The average molecular weight is 765 g/mol. The van der Waals surface area contributed by atoms with Gasteiger partial charge in [-0.2, -0.15) is 0 Å². The number of nitrogens with zero attached hydrogens (tertiary/aromatic N) is 2. The molecular weight excluding hydrogens is 733 g/mol. The normalized spacial score (nSPS) is 14.0. The van der Waals surface area contributed by atoms with Crippen molar-refractivity contribution in [2.24, 2.45) is 12.2 Å². The first-order valence-electron chi connectivity index (χ1n) is 14.4.